The second-order valence-electron chi connectivity index (χ2n) is 3.13. The molecular formula is C9H10Cl2N4. The van der Waals surface area contributed by atoms with Crippen LogP contribution in [0.1, 0.15) is 13.3 Å². The summed E-state index contributed by atoms with van der Waals surface area (Å²) in [6.07, 6.45) is 1.84. The molecule has 4 nitrogen and oxygen atoms in total. The summed E-state index contributed by atoms with van der Waals surface area (Å²) in [6.45, 7) is 1.91. The Hall–Kier alpha value is -1.05. The molecular weight excluding hydrogens is 235 g/mol. The second-order valence-corrected chi connectivity index (χ2v) is 3.88. The van der Waals surface area contributed by atoms with Gasteiger partial charge in [-0.1, -0.05) is 11.6 Å². The molecule has 0 aliphatic rings. The number of nitrogens with zero attached hydrogens (tertiary/aromatic N) is 4. The van der Waals surface area contributed by atoms with Crippen LogP contribution >= 0.6 is 23.2 Å². The Kier molecular flexibility index (Phi) is 4.13. The third-order valence-corrected chi connectivity index (χ3v) is 2.53. The van der Waals surface area contributed by atoms with Gasteiger partial charge in [0.2, 0.25) is 5.28 Å². The molecule has 1 aromatic rings. The summed E-state index contributed by atoms with van der Waals surface area (Å²) < 4.78 is 0. The van der Waals surface area contributed by atoms with Gasteiger partial charge < -0.3 is 4.90 Å². The Morgan fingerprint density at radius 2 is 2.27 bits per heavy atom. The Balaban J connectivity index is 2.95. The zero-order chi connectivity index (χ0) is 11.4. The van der Waals surface area contributed by atoms with E-state index in [1.54, 1.807) is 4.90 Å². The van der Waals surface area contributed by atoms with Crippen LogP contribution in [0.2, 0.25) is 10.3 Å². The van der Waals surface area contributed by atoms with Crippen LogP contribution in [0.4, 0.5) is 5.82 Å². The summed E-state index contributed by atoms with van der Waals surface area (Å²) in [7, 11) is 1.81. The summed E-state index contributed by atoms with van der Waals surface area (Å²) in [5.74, 6) is 0.541. The maximum absolute atomic E-state index is 8.59. The van der Waals surface area contributed by atoms with E-state index in [9.17, 15) is 0 Å². The van der Waals surface area contributed by atoms with Crippen LogP contribution in [0.5, 0.6) is 0 Å². The molecule has 1 unspecified atom stereocenters. The van der Waals surface area contributed by atoms with Crippen molar-refractivity contribution in [2.75, 3.05) is 11.9 Å². The minimum atomic E-state index is 0.0264. The van der Waals surface area contributed by atoms with Crippen molar-refractivity contribution in [1.82, 2.24) is 9.97 Å². The van der Waals surface area contributed by atoms with E-state index in [4.69, 9.17) is 28.5 Å². The lowest BCUT2D eigenvalue weighted by Crippen LogP contribution is -2.29. The molecule has 0 bridgehead atoms. The van der Waals surface area contributed by atoms with Gasteiger partial charge >= 0.3 is 0 Å². The minimum absolute atomic E-state index is 0.0264. The first-order chi connectivity index (χ1) is 7.06. The maximum Gasteiger partial charge on any atom is 0.224 e. The molecule has 1 aromatic heterocycles. The fourth-order valence-electron chi connectivity index (χ4n) is 1.06. The van der Waals surface area contributed by atoms with Crippen molar-refractivity contribution in [3.05, 3.63) is 16.5 Å². The molecule has 0 aliphatic carbocycles. The highest BCUT2D eigenvalue weighted by Gasteiger charge is 2.14. The smallest absolute Gasteiger partial charge is 0.224 e. The van der Waals surface area contributed by atoms with E-state index in [2.05, 4.69) is 16.0 Å². The van der Waals surface area contributed by atoms with E-state index in [1.165, 1.54) is 6.20 Å². The number of anilines is 1. The summed E-state index contributed by atoms with van der Waals surface area (Å²) in [4.78, 5) is 9.58. The zero-order valence-electron chi connectivity index (χ0n) is 8.41. The van der Waals surface area contributed by atoms with Gasteiger partial charge in [-0.3, -0.25) is 0 Å². The number of halogens is 2. The summed E-state index contributed by atoms with van der Waals surface area (Å²) in [5.41, 5.74) is 0. The highest BCUT2D eigenvalue weighted by atomic mass is 35.5. The summed E-state index contributed by atoms with van der Waals surface area (Å²) >= 11 is 11.6. The van der Waals surface area contributed by atoms with Crippen molar-refractivity contribution >= 4 is 29.0 Å². The van der Waals surface area contributed by atoms with E-state index >= 15 is 0 Å². The zero-order valence-corrected chi connectivity index (χ0v) is 9.92. The molecule has 0 N–H and O–H groups in total. The van der Waals surface area contributed by atoms with E-state index in [-0.39, 0.29) is 11.3 Å². The molecule has 0 aromatic carbocycles. The highest BCUT2D eigenvalue weighted by Crippen LogP contribution is 2.24. The number of hydrogen-bond acceptors (Lipinski definition) is 4. The topological polar surface area (TPSA) is 52.8 Å². The molecule has 0 aliphatic heterocycles. The van der Waals surface area contributed by atoms with Crippen LogP contribution in [-0.4, -0.2) is 23.1 Å². The Bertz CT molecular complexity index is 388. The van der Waals surface area contributed by atoms with Gasteiger partial charge in [-0.15, -0.1) is 0 Å². The predicted molar refractivity (Wildman–Crippen MR) is 60.1 cm³/mol. The van der Waals surface area contributed by atoms with Gasteiger partial charge in [0.15, 0.2) is 5.82 Å². The molecule has 80 valence electrons. The van der Waals surface area contributed by atoms with Crippen molar-refractivity contribution in [3.63, 3.8) is 0 Å². The third kappa shape index (κ3) is 2.95. The van der Waals surface area contributed by atoms with Crippen molar-refractivity contribution in [2.24, 2.45) is 0 Å². The predicted octanol–water partition coefficient (Wildman–Crippen LogP) is 2.52. The van der Waals surface area contributed by atoms with E-state index in [1.807, 2.05) is 14.0 Å². The fraction of sp³-hybridized carbons (Fsp3) is 0.444. The highest BCUT2D eigenvalue weighted by molar-refractivity contribution is 6.33. The van der Waals surface area contributed by atoms with Gasteiger partial charge in [0.05, 0.1) is 18.7 Å². The monoisotopic (exact) mass is 244 g/mol. The van der Waals surface area contributed by atoms with Gasteiger partial charge in [0.1, 0.15) is 5.02 Å². The molecule has 1 heterocycles. The van der Waals surface area contributed by atoms with Gasteiger partial charge in [0.25, 0.3) is 0 Å². The average molecular weight is 245 g/mol. The maximum atomic E-state index is 8.59. The second kappa shape index (κ2) is 5.15. The molecule has 0 saturated heterocycles. The summed E-state index contributed by atoms with van der Waals surface area (Å²) in [6, 6.07) is 2.12. The molecule has 0 saturated carbocycles. The third-order valence-electron chi connectivity index (χ3n) is 2.08. The quantitative estimate of drug-likeness (QED) is 0.768. The number of rotatable bonds is 3. The first kappa shape index (κ1) is 12.0. The first-order valence-electron chi connectivity index (χ1n) is 4.34. The van der Waals surface area contributed by atoms with Crippen LogP contribution in [0, 0.1) is 11.3 Å². The molecule has 6 heteroatoms. The lowest BCUT2D eigenvalue weighted by atomic mass is 10.2. The number of hydrogen-bond donors (Lipinski definition) is 0. The molecule has 0 amide bonds. The van der Waals surface area contributed by atoms with Crippen LogP contribution in [0.25, 0.3) is 0 Å². The van der Waals surface area contributed by atoms with Crippen molar-refractivity contribution in [3.8, 4) is 6.07 Å². The van der Waals surface area contributed by atoms with Crippen LogP contribution in [0.15, 0.2) is 6.20 Å². The standard InChI is InChI=1S/C9H10Cl2N4/c1-6(3-4-12)15(2)8-7(10)5-13-9(11)14-8/h5-6H,3H2,1-2H3. The summed E-state index contributed by atoms with van der Waals surface area (Å²) in [5, 5.41) is 9.15. The van der Waals surface area contributed by atoms with Crippen LogP contribution in [0.3, 0.4) is 0 Å². The van der Waals surface area contributed by atoms with Crippen molar-refractivity contribution in [2.45, 2.75) is 19.4 Å². The van der Waals surface area contributed by atoms with E-state index in [0.29, 0.717) is 17.3 Å². The largest absolute Gasteiger partial charge is 0.355 e. The van der Waals surface area contributed by atoms with Crippen LogP contribution in [-0.2, 0) is 0 Å². The minimum Gasteiger partial charge on any atom is -0.355 e. The lowest BCUT2D eigenvalue weighted by Gasteiger charge is -2.24. The lowest BCUT2D eigenvalue weighted by molar-refractivity contribution is 0.693. The Morgan fingerprint density at radius 3 is 2.87 bits per heavy atom. The normalized spacial score (nSPS) is 11.9. The molecule has 0 fully saturated rings. The van der Waals surface area contributed by atoms with Gasteiger partial charge in [-0.05, 0) is 18.5 Å². The molecule has 15 heavy (non-hydrogen) atoms. The Labute approximate surface area is 98.5 Å². The van der Waals surface area contributed by atoms with Gasteiger partial charge in [-0.2, -0.15) is 10.2 Å². The number of aromatic nitrogens is 2. The molecule has 0 spiro atoms. The van der Waals surface area contributed by atoms with Gasteiger partial charge in [0, 0.05) is 13.1 Å². The first-order valence-corrected chi connectivity index (χ1v) is 5.09. The average Bonchev–Trinajstić information content (AvgIpc) is 2.21. The fourth-order valence-corrected chi connectivity index (χ4v) is 1.42. The molecule has 1 atom stereocenters. The molecule has 0 radical (unpaired) electrons. The SMILES string of the molecule is CC(CC#N)N(C)c1nc(Cl)ncc1Cl. The van der Waals surface area contributed by atoms with E-state index < -0.39 is 0 Å². The molecule has 1 rings (SSSR count). The van der Waals surface area contributed by atoms with Gasteiger partial charge in [-0.25, -0.2) is 4.98 Å². The van der Waals surface area contributed by atoms with Crippen molar-refractivity contribution in [1.29, 1.82) is 5.26 Å². The van der Waals surface area contributed by atoms with E-state index in [0.717, 1.165) is 0 Å². The number of nitriles is 1. The van der Waals surface area contributed by atoms with Crippen LogP contribution < -0.4 is 4.90 Å². The Morgan fingerprint density at radius 1 is 1.60 bits per heavy atom. The van der Waals surface area contributed by atoms with Crippen molar-refractivity contribution < 1.29 is 0 Å².